The zero-order valence-corrected chi connectivity index (χ0v) is 11.5. The number of carbonyl (C=O) groups is 1. The molecular formula is C11H17N3O3S. The number of nitrogens with one attached hydrogen (secondary N) is 1. The highest BCUT2D eigenvalue weighted by molar-refractivity contribution is 7.90. The van der Waals surface area contributed by atoms with E-state index in [1.807, 2.05) is 0 Å². The molecule has 1 amide bonds. The van der Waals surface area contributed by atoms with Gasteiger partial charge in [0, 0.05) is 39.5 Å². The molecule has 0 bridgehead atoms. The maximum atomic E-state index is 11.5. The molecule has 0 aromatic carbocycles. The summed E-state index contributed by atoms with van der Waals surface area (Å²) in [6.07, 6.45) is 2.91. The van der Waals surface area contributed by atoms with Gasteiger partial charge in [-0.25, -0.2) is 13.4 Å². The lowest BCUT2D eigenvalue weighted by Gasteiger charge is -2.12. The third-order valence-corrected chi connectivity index (χ3v) is 3.43. The third kappa shape index (κ3) is 3.99. The normalized spacial score (nSPS) is 11.1. The van der Waals surface area contributed by atoms with E-state index >= 15 is 0 Å². The fraction of sp³-hybridized carbons (Fsp3) is 0.455. The van der Waals surface area contributed by atoms with Gasteiger partial charge in [0.15, 0.2) is 9.84 Å². The van der Waals surface area contributed by atoms with Crippen molar-refractivity contribution in [2.45, 2.75) is 11.3 Å². The van der Waals surface area contributed by atoms with Gasteiger partial charge in [-0.15, -0.1) is 0 Å². The van der Waals surface area contributed by atoms with E-state index in [-0.39, 0.29) is 23.0 Å². The lowest BCUT2D eigenvalue weighted by atomic mass is 10.3. The van der Waals surface area contributed by atoms with Crippen LogP contribution in [0.25, 0.3) is 0 Å². The van der Waals surface area contributed by atoms with E-state index in [0.29, 0.717) is 6.54 Å². The molecule has 0 fully saturated rings. The SMILES string of the molecule is CN(C)C(=O)CCNc1ncccc1S(C)(=O)=O. The number of hydrogen-bond acceptors (Lipinski definition) is 5. The summed E-state index contributed by atoms with van der Waals surface area (Å²) in [5.74, 6) is 0.255. The second-order valence-corrected chi connectivity index (χ2v) is 6.07. The van der Waals surface area contributed by atoms with E-state index in [2.05, 4.69) is 10.3 Å². The Kier molecular flexibility index (Phi) is 4.66. The van der Waals surface area contributed by atoms with Gasteiger partial charge in [0.25, 0.3) is 0 Å². The number of hydrogen-bond donors (Lipinski definition) is 1. The lowest BCUT2D eigenvalue weighted by Crippen LogP contribution is -2.24. The van der Waals surface area contributed by atoms with Crippen molar-refractivity contribution in [1.82, 2.24) is 9.88 Å². The van der Waals surface area contributed by atoms with Crippen LogP contribution in [0, 0.1) is 0 Å². The second kappa shape index (κ2) is 5.81. The van der Waals surface area contributed by atoms with Gasteiger partial charge in [0.2, 0.25) is 5.91 Å². The minimum Gasteiger partial charge on any atom is -0.368 e. The van der Waals surface area contributed by atoms with Crippen LogP contribution in [0.3, 0.4) is 0 Å². The predicted molar refractivity (Wildman–Crippen MR) is 69.1 cm³/mol. The molecule has 1 N–H and O–H groups in total. The van der Waals surface area contributed by atoms with Crippen LogP contribution in [0.5, 0.6) is 0 Å². The highest BCUT2D eigenvalue weighted by atomic mass is 32.2. The van der Waals surface area contributed by atoms with Crippen LogP contribution in [-0.2, 0) is 14.6 Å². The van der Waals surface area contributed by atoms with Crippen molar-refractivity contribution in [1.29, 1.82) is 0 Å². The largest absolute Gasteiger partial charge is 0.368 e. The number of aromatic nitrogens is 1. The monoisotopic (exact) mass is 271 g/mol. The quantitative estimate of drug-likeness (QED) is 0.837. The zero-order valence-electron chi connectivity index (χ0n) is 10.7. The highest BCUT2D eigenvalue weighted by Gasteiger charge is 2.13. The van der Waals surface area contributed by atoms with E-state index in [1.54, 1.807) is 20.2 Å². The van der Waals surface area contributed by atoms with Crippen LogP contribution >= 0.6 is 0 Å². The molecule has 0 radical (unpaired) electrons. The van der Waals surface area contributed by atoms with Crippen LogP contribution in [0.15, 0.2) is 23.2 Å². The topological polar surface area (TPSA) is 79.4 Å². The summed E-state index contributed by atoms with van der Waals surface area (Å²) in [4.78, 5) is 17.0. The van der Waals surface area contributed by atoms with Crippen molar-refractivity contribution in [3.05, 3.63) is 18.3 Å². The predicted octanol–water partition coefficient (Wildman–Crippen LogP) is 0.375. The summed E-state index contributed by atoms with van der Waals surface area (Å²) in [5.41, 5.74) is 0. The maximum absolute atomic E-state index is 11.5. The van der Waals surface area contributed by atoms with Crippen LogP contribution in [0.1, 0.15) is 6.42 Å². The Morgan fingerprint density at radius 1 is 1.44 bits per heavy atom. The standard InChI is InChI=1S/C11H17N3O3S/c1-14(2)10(15)6-8-13-11-9(18(3,16)17)5-4-7-12-11/h4-5,7H,6,8H2,1-3H3,(H,12,13). The minimum absolute atomic E-state index is 0.0284. The van der Waals surface area contributed by atoms with Gasteiger partial charge >= 0.3 is 0 Å². The molecule has 0 aliphatic heterocycles. The Balaban J connectivity index is 2.72. The molecule has 7 heteroatoms. The summed E-state index contributed by atoms with van der Waals surface area (Å²) in [6.45, 7) is 0.344. The van der Waals surface area contributed by atoms with Gasteiger partial charge in [0.05, 0.1) is 0 Å². The Bertz CT molecular complexity index is 526. The van der Waals surface area contributed by atoms with Gasteiger partial charge in [-0.2, -0.15) is 0 Å². The van der Waals surface area contributed by atoms with Gasteiger partial charge in [-0.3, -0.25) is 4.79 Å². The molecule has 1 aromatic rings. The van der Waals surface area contributed by atoms with Gasteiger partial charge in [0.1, 0.15) is 10.7 Å². The molecule has 0 saturated heterocycles. The fourth-order valence-corrected chi connectivity index (χ4v) is 2.14. The number of amides is 1. The maximum Gasteiger partial charge on any atom is 0.223 e. The Hall–Kier alpha value is -1.63. The summed E-state index contributed by atoms with van der Waals surface area (Å²) in [6, 6.07) is 3.05. The van der Waals surface area contributed by atoms with E-state index in [9.17, 15) is 13.2 Å². The molecule has 0 spiro atoms. The minimum atomic E-state index is -3.32. The summed E-state index contributed by atoms with van der Waals surface area (Å²) in [5, 5.41) is 2.87. The average Bonchev–Trinajstić information content (AvgIpc) is 2.28. The highest BCUT2D eigenvalue weighted by Crippen LogP contribution is 2.17. The smallest absolute Gasteiger partial charge is 0.223 e. The van der Waals surface area contributed by atoms with E-state index in [1.165, 1.54) is 17.2 Å². The van der Waals surface area contributed by atoms with Crippen molar-refractivity contribution in [2.24, 2.45) is 0 Å². The first kappa shape index (κ1) is 14.4. The number of carbonyl (C=O) groups excluding carboxylic acids is 1. The Morgan fingerprint density at radius 2 is 2.11 bits per heavy atom. The average molecular weight is 271 g/mol. The summed E-state index contributed by atoms with van der Waals surface area (Å²) < 4.78 is 23.0. The summed E-state index contributed by atoms with van der Waals surface area (Å²) >= 11 is 0. The lowest BCUT2D eigenvalue weighted by molar-refractivity contribution is -0.128. The van der Waals surface area contributed by atoms with E-state index < -0.39 is 9.84 Å². The fourth-order valence-electron chi connectivity index (χ4n) is 1.33. The first-order chi connectivity index (χ1) is 8.32. The molecule has 0 unspecified atom stereocenters. The number of anilines is 1. The molecule has 0 atom stereocenters. The van der Waals surface area contributed by atoms with Crippen LogP contribution in [0.4, 0.5) is 5.82 Å². The van der Waals surface area contributed by atoms with Crippen LogP contribution in [0.2, 0.25) is 0 Å². The van der Waals surface area contributed by atoms with Crippen molar-refractivity contribution < 1.29 is 13.2 Å². The van der Waals surface area contributed by atoms with Crippen molar-refractivity contribution in [3.63, 3.8) is 0 Å². The van der Waals surface area contributed by atoms with Crippen LogP contribution in [-0.4, -0.2) is 51.1 Å². The molecule has 6 nitrogen and oxygen atoms in total. The van der Waals surface area contributed by atoms with Crippen molar-refractivity contribution in [2.75, 3.05) is 32.2 Å². The van der Waals surface area contributed by atoms with Crippen LogP contribution < -0.4 is 5.32 Å². The molecule has 0 aliphatic rings. The van der Waals surface area contributed by atoms with E-state index in [0.717, 1.165) is 6.26 Å². The zero-order chi connectivity index (χ0) is 13.8. The summed E-state index contributed by atoms with van der Waals surface area (Å²) in [7, 11) is 0.0225. The third-order valence-electron chi connectivity index (χ3n) is 2.30. The molecular weight excluding hydrogens is 254 g/mol. The number of pyridine rings is 1. The second-order valence-electron chi connectivity index (χ2n) is 4.09. The molecule has 0 aliphatic carbocycles. The molecule has 1 rings (SSSR count). The molecule has 0 saturated carbocycles. The number of nitrogens with zero attached hydrogens (tertiary/aromatic N) is 2. The molecule has 100 valence electrons. The van der Waals surface area contributed by atoms with E-state index in [4.69, 9.17) is 0 Å². The Labute approximate surface area is 107 Å². The van der Waals surface area contributed by atoms with Gasteiger partial charge in [-0.05, 0) is 12.1 Å². The van der Waals surface area contributed by atoms with Crippen molar-refractivity contribution in [3.8, 4) is 0 Å². The number of sulfone groups is 1. The molecule has 1 heterocycles. The van der Waals surface area contributed by atoms with Gasteiger partial charge in [-0.1, -0.05) is 0 Å². The number of rotatable bonds is 5. The molecule has 1 aromatic heterocycles. The Morgan fingerprint density at radius 3 is 2.67 bits per heavy atom. The van der Waals surface area contributed by atoms with Gasteiger partial charge < -0.3 is 10.2 Å². The van der Waals surface area contributed by atoms with Crippen molar-refractivity contribution >= 4 is 21.6 Å². The molecule has 18 heavy (non-hydrogen) atoms. The first-order valence-electron chi connectivity index (χ1n) is 5.41. The first-order valence-corrected chi connectivity index (χ1v) is 7.30.